The minimum atomic E-state index is -0.681. The highest BCUT2D eigenvalue weighted by molar-refractivity contribution is 5.71. The molecule has 0 aliphatic rings. The third-order valence-electron chi connectivity index (χ3n) is 5.25. The van der Waals surface area contributed by atoms with E-state index in [1.165, 1.54) is 14.2 Å². The maximum absolute atomic E-state index is 11.1. The number of ether oxygens (including phenoxy) is 4. The van der Waals surface area contributed by atoms with Gasteiger partial charge in [-0.15, -0.1) is 10.2 Å². The van der Waals surface area contributed by atoms with Crippen LogP contribution in [0.1, 0.15) is 38.8 Å². The second-order valence-corrected chi connectivity index (χ2v) is 8.59. The topological polar surface area (TPSA) is 156 Å². The largest absolute Gasteiger partial charge is 0.494 e. The lowest BCUT2D eigenvalue weighted by atomic mass is 10.1. The molecule has 0 saturated carbocycles. The minimum absolute atomic E-state index is 0.0796. The molecule has 2 rings (SSSR count). The van der Waals surface area contributed by atoms with Crippen LogP contribution in [0.15, 0.2) is 34.5 Å². The molecule has 12 nitrogen and oxygen atoms in total. The molecule has 0 atom stereocenters. The fraction of sp³-hybridized carbons (Fsp3) is 0.462. The molecule has 0 amide bonds. The summed E-state index contributed by atoms with van der Waals surface area (Å²) in [6, 6.07) is 9.15. The Balaban J connectivity index is 2.51. The Morgan fingerprint density at radius 3 is 1.84 bits per heavy atom. The van der Waals surface area contributed by atoms with Crippen LogP contribution >= 0.6 is 0 Å². The molecule has 12 heteroatoms. The van der Waals surface area contributed by atoms with Crippen molar-refractivity contribution in [3.05, 3.63) is 45.5 Å². The summed E-state index contributed by atoms with van der Waals surface area (Å²) in [4.78, 5) is 12.5. The maximum Gasteiger partial charge on any atom is 0.272 e. The highest BCUT2D eigenvalue weighted by Gasteiger charge is 2.20. The van der Waals surface area contributed by atoms with Crippen LogP contribution in [-0.2, 0) is 9.47 Å². The van der Waals surface area contributed by atoms with Gasteiger partial charge in [0.05, 0.1) is 61.4 Å². The number of nitro groups is 1. The number of hydrogen-bond donors (Lipinski definition) is 0. The fourth-order valence-corrected chi connectivity index (χ4v) is 3.45. The molecule has 2 aromatic carbocycles. The van der Waals surface area contributed by atoms with E-state index in [1.54, 1.807) is 12.1 Å². The number of nitriles is 2. The van der Waals surface area contributed by atoms with Crippen LogP contribution in [0.3, 0.4) is 0 Å². The predicted molar refractivity (Wildman–Crippen MR) is 141 cm³/mol. The standard InChI is InChI=1S/C26H32N6O6/c1-17(2)37-9-7-31(8-10-38-18(3)4)23-14-24(35-5)22(13-25(23)36-6)29-30-26-19(15-27)11-21(32(33)34)12-20(26)16-28/h11-14,17-18H,7-10H2,1-6H3. The van der Waals surface area contributed by atoms with E-state index in [0.29, 0.717) is 37.8 Å². The molecule has 0 saturated heterocycles. The number of hydrogen-bond acceptors (Lipinski definition) is 11. The summed E-state index contributed by atoms with van der Waals surface area (Å²) in [7, 11) is 3.00. The molecule has 0 radical (unpaired) electrons. The zero-order valence-electron chi connectivity index (χ0n) is 22.4. The first-order valence-corrected chi connectivity index (χ1v) is 11.9. The molecular formula is C26H32N6O6. The van der Waals surface area contributed by atoms with Crippen LogP contribution in [0.5, 0.6) is 11.5 Å². The van der Waals surface area contributed by atoms with Crippen molar-refractivity contribution in [3.63, 3.8) is 0 Å². The van der Waals surface area contributed by atoms with Crippen molar-refractivity contribution >= 4 is 22.7 Å². The van der Waals surface area contributed by atoms with E-state index in [4.69, 9.17) is 18.9 Å². The Kier molecular flexibility index (Phi) is 11.4. The summed E-state index contributed by atoms with van der Waals surface area (Å²) < 4.78 is 22.7. The quantitative estimate of drug-likeness (QED) is 0.179. The van der Waals surface area contributed by atoms with E-state index in [-0.39, 0.29) is 40.4 Å². The van der Waals surface area contributed by atoms with Gasteiger partial charge in [0.25, 0.3) is 5.69 Å². The van der Waals surface area contributed by atoms with Crippen molar-refractivity contribution in [2.24, 2.45) is 10.2 Å². The van der Waals surface area contributed by atoms with Gasteiger partial charge in [0.15, 0.2) is 0 Å². The van der Waals surface area contributed by atoms with Crippen LogP contribution in [0.4, 0.5) is 22.7 Å². The fourth-order valence-electron chi connectivity index (χ4n) is 3.45. The van der Waals surface area contributed by atoms with E-state index in [0.717, 1.165) is 17.8 Å². The number of nitrogens with zero attached hydrogens (tertiary/aromatic N) is 6. The predicted octanol–water partition coefficient (Wildman–Crippen LogP) is 5.43. The molecule has 0 spiro atoms. The van der Waals surface area contributed by atoms with Crippen LogP contribution in [0.2, 0.25) is 0 Å². The number of benzene rings is 2. The number of azo groups is 1. The van der Waals surface area contributed by atoms with Crippen molar-refractivity contribution in [1.82, 2.24) is 0 Å². The lowest BCUT2D eigenvalue weighted by molar-refractivity contribution is -0.384. The summed E-state index contributed by atoms with van der Waals surface area (Å²) in [5.41, 5.74) is 0.240. The Morgan fingerprint density at radius 2 is 1.42 bits per heavy atom. The summed E-state index contributed by atoms with van der Waals surface area (Å²) in [5.74, 6) is 0.849. The lowest BCUT2D eigenvalue weighted by Gasteiger charge is -2.28. The molecule has 0 aliphatic heterocycles. The highest BCUT2D eigenvalue weighted by atomic mass is 16.6. The highest BCUT2D eigenvalue weighted by Crippen LogP contribution is 2.41. The summed E-state index contributed by atoms with van der Waals surface area (Å²) in [6.45, 7) is 9.98. The molecular weight excluding hydrogens is 492 g/mol. The molecule has 0 fully saturated rings. The zero-order valence-corrected chi connectivity index (χ0v) is 22.4. The van der Waals surface area contributed by atoms with Gasteiger partial charge in [0, 0.05) is 37.4 Å². The normalized spacial score (nSPS) is 11.0. The van der Waals surface area contributed by atoms with Gasteiger partial charge < -0.3 is 23.8 Å². The smallest absolute Gasteiger partial charge is 0.272 e. The van der Waals surface area contributed by atoms with Crippen molar-refractivity contribution in [2.75, 3.05) is 45.4 Å². The third kappa shape index (κ3) is 8.13. The molecule has 0 bridgehead atoms. The SMILES string of the molecule is COc1cc(N(CCOC(C)C)CCOC(C)C)c(OC)cc1N=Nc1c(C#N)cc([N+](=O)[O-])cc1C#N. The van der Waals surface area contributed by atoms with Crippen LogP contribution < -0.4 is 14.4 Å². The number of nitro benzene ring substituents is 1. The second kappa shape index (κ2) is 14.5. The van der Waals surface area contributed by atoms with Gasteiger partial charge in [-0.3, -0.25) is 10.1 Å². The number of non-ortho nitro benzene ring substituents is 1. The zero-order chi connectivity index (χ0) is 28.2. The average Bonchev–Trinajstić information content (AvgIpc) is 2.89. The van der Waals surface area contributed by atoms with Gasteiger partial charge in [-0.1, -0.05) is 0 Å². The number of anilines is 1. The first-order chi connectivity index (χ1) is 18.1. The molecule has 0 aromatic heterocycles. The lowest BCUT2D eigenvalue weighted by Crippen LogP contribution is -2.32. The van der Waals surface area contributed by atoms with Crippen molar-refractivity contribution in [2.45, 2.75) is 39.9 Å². The van der Waals surface area contributed by atoms with Gasteiger partial charge in [-0.25, -0.2) is 0 Å². The monoisotopic (exact) mass is 524 g/mol. The first-order valence-electron chi connectivity index (χ1n) is 11.9. The third-order valence-corrected chi connectivity index (χ3v) is 5.25. The molecule has 0 N–H and O–H groups in total. The molecule has 202 valence electrons. The molecule has 0 heterocycles. The van der Waals surface area contributed by atoms with Crippen LogP contribution in [0.25, 0.3) is 0 Å². The number of rotatable bonds is 14. The second-order valence-electron chi connectivity index (χ2n) is 8.59. The summed E-state index contributed by atoms with van der Waals surface area (Å²) in [5, 5.41) is 38.4. The number of methoxy groups -OCH3 is 2. The van der Waals surface area contributed by atoms with E-state index in [9.17, 15) is 20.6 Å². The Labute approximate surface area is 222 Å². The van der Waals surface area contributed by atoms with E-state index < -0.39 is 4.92 Å². The van der Waals surface area contributed by atoms with E-state index in [2.05, 4.69) is 15.1 Å². The summed E-state index contributed by atoms with van der Waals surface area (Å²) >= 11 is 0. The molecule has 0 unspecified atom stereocenters. The maximum atomic E-state index is 11.1. The summed E-state index contributed by atoms with van der Waals surface area (Å²) in [6.07, 6.45) is 0.165. The Bertz CT molecular complexity index is 1180. The molecule has 0 aliphatic carbocycles. The van der Waals surface area contributed by atoms with E-state index >= 15 is 0 Å². The first kappa shape index (κ1) is 30.0. The van der Waals surface area contributed by atoms with Crippen molar-refractivity contribution in [3.8, 4) is 23.6 Å². The van der Waals surface area contributed by atoms with Crippen LogP contribution in [0, 0.1) is 32.8 Å². The molecule has 2 aromatic rings. The molecule has 38 heavy (non-hydrogen) atoms. The minimum Gasteiger partial charge on any atom is -0.494 e. The van der Waals surface area contributed by atoms with Gasteiger partial charge in [0.1, 0.15) is 35.0 Å². The Morgan fingerprint density at radius 1 is 0.895 bits per heavy atom. The van der Waals surface area contributed by atoms with Crippen LogP contribution in [-0.4, -0.2) is 57.7 Å². The van der Waals surface area contributed by atoms with Gasteiger partial charge in [-0.2, -0.15) is 10.5 Å². The van der Waals surface area contributed by atoms with E-state index in [1.807, 2.05) is 39.8 Å². The van der Waals surface area contributed by atoms with Gasteiger partial charge in [-0.05, 0) is 27.7 Å². The van der Waals surface area contributed by atoms with Gasteiger partial charge in [0.2, 0.25) is 0 Å². The van der Waals surface area contributed by atoms with Crippen molar-refractivity contribution in [1.29, 1.82) is 10.5 Å². The Hall–Kier alpha value is -4.26. The van der Waals surface area contributed by atoms with Crippen molar-refractivity contribution < 1.29 is 23.9 Å². The average molecular weight is 525 g/mol. The van der Waals surface area contributed by atoms with Gasteiger partial charge >= 0.3 is 0 Å².